The van der Waals surface area contributed by atoms with Gasteiger partial charge in [0.1, 0.15) is 22.5 Å². The number of hydrogen-bond acceptors (Lipinski definition) is 5. The summed E-state index contributed by atoms with van der Waals surface area (Å²) < 4.78 is 35.1. The zero-order chi connectivity index (χ0) is 19.4. The molecule has 1 fully saturated rings. The minimum atomic E-state index is -3.50. The van der Waals surface area contributed by atoms with E-state index in [1.54, 1.807) is 11.0 Å². The Kier molecular flexibility index (Phi) is 5.70. The number of methoxy groups -OCH3 is 1. The number of sulfone groups is 1. The van der Waals surface area contributed by atoms with Crippen LogP contribution in [0.15, 0.2) is 53.4 Å². The number of benzene rings is 2. The van der Waals surface area contributed by atoms with E-state index >= 15 is 0 Å². The number of hydrogen-bond donors (Lipinski definition) is 0. The molecule has 2 aromatic carbocycles. The Balaban J connectivity index is 1.77. The van der Waals surface area contributed by atoms with E-state index in [0.29, 0.717) is 18.7 Å². The zero-order valence-corrected chi connectivity index (χ0v) is 16.2. The van der Waals surface area contributed by atoms with Crippen LogP contribution in [0.5, 0.6) is 11.5 Å². The maximum atomic E-state index is 12.9. The van der Waals surface area contributed by atoms with Crippen LogP contribution in [-0.2, 0) is 9.84 Å². The molecule has 27 heavy (non-hydrogen) atoms. The van der Waals surface area contributed by atoms with Gasteiger partial charge in [0.2, 0.25) is 0 Å². The third-order valence-corrected chi connectivity index (χ3v) is 5.64. The van der Waals surface area contributed by atoms with E-state index in [4.69, 9.17) is 9.47 Å². The Morgan fingerprint density at radius 2 is 1.89 bits per heavy atom. The molecule has 7 heteroatoms. The number of ether oxygens (including phenoxy) is 2. The zero-order valence-electron chi connectivity index (χ0n) is 15.4. The Labute approximate surface area is 159 Å². The first kappa shape index (κ1) is 19.2. The van der Waals surface area contributed by atoms with Crippen LogP contribution in [0.3, 0.4) is 0 Å². The summed E-state index contributed by atoms with van der Waals surface area (Å²) >= 11 is 0. The van der Waals surface area contributed by atoms with Gasteiger partial charge in [-0.05, 0) is 43.2 Å². The summed E-state index contributed by atoms with van der Waals surface area (Å²) in [6, 6.07) is 14.0. The number of amides is 1. The number of para-hydroxylation sites is 1. The molecule has 1 unspecified atom stereocenters. The molecule has 144 valence electrons. The molecule has 2 aromatic rings. The Hall–Kier alpha value is -2.54. The van der Waals surface area contributed by atoms with Crippen molar-refractivity contribution in [3.8, 4) is 11.5 Å². The average molecular weight is 389 g/mol. The molecule has 1 aliphatic heterocycles. The molecule has 1 heterocycles. The highest BCUT2D eigenvalue weighted by atomic mass is 32.2. The number of likely N-dealkylation sites (tertiary alicyclic amines) is 1. The molecule has 6 nitrogen and oxygen atoms in total. The highest BCUT2D eigenvalue weighted by molar-refractivity contribution is 7.90. The topological polar surface area (TPSA) is 72.9 Å². The van der Waals surface area contributed by atoms with Crippen molar-refractivity contribution in [2.75, 3.05) is 26.5 Å². The van der Waals surface area contributed by atoms with Crippen LogP contribution in [0.25, 0.3) is 0 Å². The monoisotopic (exact) mass is 389 g/mol. The lowest BCUT2D eigenvalue weighted by Crippen LogP contribution is -2.44. The molecule has 0 aromatic heterocycles. The van der Waals surface area contributed by atoms with Gasteiger partial charge in [0.15, 0.2) is 9.84 Å². The third kappa shape index (κ3) is 4.60. The van der Waals surface area contributed by atoms with Gasteiger partial charge in [0, 0.05) is 18.4 Å². The molecule has 1 saturated heterocycles. The number of nitrogens with zero attached hydrogens (tertiary/aromatic N) is 1. The highest BCUT2D eigenvalue weighted by Crippen LogP contribution is 2.26. The fourth-order valence-electron chi connectivity index (χ4n) is 3.19. The first-order valence-electron chi connectivity index (χ1n) is 8.77. The smallest absolute Gasteiger partial charge is 0.254 e. The van der Waals surface area contributed by atoms with Gasteiger partial charge in [-0.25, -0.2) is 8.42 Å². The van der Waals surface area contributed by atoms with Crippen LogP contribution in [0.1, 0.15) is 23.2 Å². The van der Waals surface area contributed by atoms with Crippen molar-refractivity contribution in [1.29, 1.82) is 0 Å². The second-order valence-corrected chi connectivity index (χ2v) is 8.57. The summed E-state index contributed by atoms with van der Waals surface area (Å²) in [6.07, 6.45) is 2.72. The van der Waals surface area contributed by atoms with Crippen LogP contribution >= 0.6 is 0 Å². The summed E-state index contributed by atoms with van der Waals surface area (Å²) in [7, 11) is -2.10. The summed E-state index contributed by atoms with van der Waals surface area (Å²) in [5.74, 6) is 0.808. The molecule has 0 N–H and O–H groups in total. The van der Waals surface area contributed by atoms with E-state index < -0.39 is 9.84 Å². The van der Waals surface area contributed by atoms with Gasteiger partial charge >= 0.3 is 0 Å². The number of rotatable bonds is 5. The van der Waals surface area contributed by atoms with Gasteiger partial charge in [-0.3, -0.25) is 4.79 Å². The van der Waals surface area contributed by atoms with Crippen LogP contribution in [0.2, 0.25) is 0 Å². The normalized spacial score (nSPS) is 17.4. The van der Waals surface area contributed by atoms with Crippen LogP contribution < -0.4 is 9.47 Å². The van der Waals surface area contributed by atoms with E-state index in [1.807, 2.05) is 30.3 Å². The van der Waals surface area contributed by atoms with Crippen molar-refractivity contribution < 1.29 is 22.7 Å². The predicted molar refractivity (Wildman–Crippen MR) is 102 cm³/mol. The van der Waals surface area contributed by atoms with Gasteiger partial charge in [-0.1, -0.05) is 18.2 Å². The van der Waals surface area contributed by atoms with Crippen molar-refractivity contribution in [3.05, 3.63) is 54.1 Å². The summed E-state index contributed by atoms with van der Waals surface area (Å²) in [5, 5.41) is 0. The lowest BCUT2D eigenvalue weighted by atomic mass is 10.1. The number of carbonyl (C=O) groups excluding carboxylic acids is 1. The lowest BCUT2D eigenvalue weighted by molar-refractivity contribution is 0.0537. The van der Waals surface area contributed by atoms with Crippen molar-refractivity contribution in [2.24, 2.45) is 0 Å². The molecule has 1 amide bonds. The van der Waals surface area contributed by atoms with Gasteiger partial charge in [-0.15, -0.1) is 0 Å². The first-order chi connectivity index (χ1) is 12.9. The average Bonchev–Trinajstić information content (AvgIpc) is 2.67. The molecule has 3 rings (SSSR count). The van der Waals surface area contributed by atoms with Gasteiger partial charge in [0.25, 0.3) is 5.91 Å². The Morgan fingerprint density at radius 3 is 2.56 bits per heavy atom. The van der Waals surface area contributed by atoms with Crippen molar-refractivity contribution >= 4 is 15.7 Å². The van der Waals surface area contributed by atoms with Crippen LogP contribution in [-0.4, -0.2) is 51.8 Å². The minimum absolute atomic E-state index is 0.0185. The standard InChI is InChI=1S/C20H23NO5S/c1-25-18-11-10-15(13-19(18)27(2,23)24)20(22)21-12-6-9-17(14-21)26-16-7-4-3-5-8-16/h3-5,7-8,10-11,13,17H,6,9,12,14H2,1-2H3. The molecule has 1 aliphatic rings. The van der Waals surface area contributed by atoms with Crippen LogP contribution in [0.4, 0.5) is 0 Å². The lowest BCUT2D eigenvalue weighted by Gasteiger charge is -2.33. The van der Waals surface area contributed by atoms with E-state index in [0.717, 1.165) is 24.8 Å². The number of piperidine rings is 1. The van der Waals surface area contributed by atoms with Crippen molar-refractivity contribution in [1.82, 2.24) is 4.90 Å². The maximum absolute atomic E-state index is 12.9. The second kappa shape index (κ2) is 8.00. The largest absolute Gasteiger partial charge is 0.495 e. The fraction of sp³-hybridized carbons (Fsp3) is 0.350. The molecule has 0 spiro atoms. The quantitative estimate of drug-likeness (QED) is 0.786. The van der Waals surface area contributed by atoms with E-state index in [1.165, 1.54) is 19.2 Å². The van der Waals surface area contributed by atoms with Gasteiger partial charge in [-0.2, -0.15) is 0 Å². The molecule has 0 aliphatic carbocycles. The molecular weight excluding hydrogens is 366 g/mol. The van der Waals surface area contributed by atoms with E-state index in [2.05, 4.69) is 0 Å². The summed E-state index contributed by atoms with van der Waals surface area (Å²) in [5.41, 5.74) is 0.330. The fourth-order valence-corrected chi connectivity index (χ4v) is 4.05. The minimum Gasteiger partial charge on any atom is -0.495 e. The SMILES string of the molecule is COc1ccc(C(=O)N2CCCC(Oc3ccccc3)C2)cc1S(C)(=O)=O. The molecule has 0 radical (unpaired) electrons. The predicted octanol–water partition coefficient (Wildman–Crippen LogP) is 2.78. The van der Waals surface area contributed by atoms with E-state index in [9.17, 15) is 13.2 Å². The summed E-state index contributed by atoms with van der Waals surface area (Å²) in [4.78, 5) is 14.6. The molecular formula is C20H23NO5S. The first-order valence-corrected chi connectivity index (χ1v) is 10.7. The van der Waals surface area contributed by atoms with Crippen LogP contribution in [0, 0.1) is 0 Å². The molecule has 0 saturated carbocycles. The molecule has 1 atom stereocenters. The van der Waals surface area contributed by atoms with Crippen molar-refractivity contribution in [3.63, 3.8) is 0 Å². The highest BCUT2D eigenvalue weighted by Gasteiger charge is 2.27. The van der Waals surface area contributed by atoms with Gasteiger partial charge < -0.3 is 14.4 Å². The summed E-state index contributed by atoms with van der Waals surface area (Å²) in [6.45, 7) is 1.09. The molecule has 0 bridgehead atoms. The number of carbonyl (C=O) groups is 1. The second-order valence-electron chi connectivity index (χ2n) is 6.58. The third-order valence-electron chi connectivity index (χ3n) is 4.52. The Morgan fingerprint density at radius 1 is 1.15 bits per heavy atom. The maximum Gasteiger partial charge on any atom is 0.254 e. The van der Waals surface area contributed by atoms with Gasteiger partial charge in [0.05, 0.1) is 13.7 Å². The van der Waals surface area contributed by atoms with E-state index in [-0.39, 0.29) is 22.7 Å². The Bertz CT molecular complexity index is 911. The van der Waals surface area contributed by atoms with Crippen molar-refractivity contribution in [2.45, 2.75) is 23.8 Å².